The Morgan fingerprint density at radius 2 is 2.06 bits per heavy atom. The maximum Gasteiger partial charge on any atom is 0.0218 e. The molecule has 3 unspecified atom stereocenters. The summed E-state index contributed by atoms with van der Waals surface area (Å²) in [5.74, 6) is 2.83. The van der Waals surface area contributed by atoms with Gasteiger partial charge in [0.05, 0.1) is 0 Å². The predicted octanol–water partition coefficient (Wildman–Crippen LogP) is 2.30. The number of thioether (sulfide) groups is 1. The SMILES string of the molecule is CSCC(C)CN1CC(C(C)C)NCC1C. The molecule has 16 heavy (non-hydrogen) atoms. The van der Waals surface area contributed by atoms with Gasteiger partial charge in [-0.25, -0.2) is 0 Å². The maximum absolute atomic E-state index is 3.66. The lowest BCUT2D eigenvalue weighted by molar-refractivity contribution is 0.111. The zero-order valence-electron chi connectivity index (χ0n) is 11.5. The van der Waals surface area contributed by atoms with E-state index in [1.54, 1.807) is 0 Å². The normalized spacial score (nSPS) is 29.6. The van der Waals surface area contributed by atoms with Gasteiger partial charge in [-0.15, -0.1) is 0 Å². The van der Waals surface area contributed by atoms with Crippen LogP contribution in [0.2, 0.25) is 0 Å². The van der Waals surface area contributed by atoms with Crippen LogP contribution in [0.3, 0.4) is 0 Å². The molecule has 1 heterocycles. The van der Waals surface area contributed by atoms with Crippen LogP contribution in [0.1, 0.15) is 27.7 Å². The first-order chi connectivity index (χ1) is 7.54. The average molecular weight is 244 g/mol. The molecule has 2 nitrogen and oxygen atoms in total. The van der Waals surface area contributed by atoms with Crippen LogP contribution in [0, 0.1) is 11.8 Å². The van der Waals surface area contributed by atoms with Crippen LogP contribution in [0.4, 0.5) is 0 Å². The summed E-state index contributed by atoms with van der Waals surface area (Å²) in [6, 6.07) is 1.37. The molecule has 1 aliphatic heterocycles. The van der Waals surface area contributed by atoms with Crippen molar-refractivity contribution in [1.82, 2.24) is 10.2 Å². The van der Waals surface area contributed by atoms with Crippen molar-refractivity contribution in [1.29, 1.82) is 0 Å². The average Bonchev–Trinajstić information content (AvgIpc) is 2.21. The third-order valence-electron chi connectivity index (χ3n) is 3.53. The summed E-state index contributed by atoms with van der Waals surface area (Å²) in [4.78, 5) is 2.67. The summed E-state index contributed by atoms with van der Waals surface area (Å²) in [6.45, 7) is 13.0. The van der Waals surface area contributed by atoms with E-state index < -0.39 is 0 Å². The number of rotatable bonds is 5. The Kier molecular flexibility index (Phi) is 6.16. The lowest BCUT2D eigenvalue weighted by Crippen LogP contribution is -2.57. The molecule has 0 aromatic heterocycles. The van der Waals surface area contributed by atoms with Crippen molar-refractivity contribution in [3.8, 4) is 0 Å². The third kappa shape index (κ3) is 4.27. The van der Waals surface area contributed by atoms with E-state index in [9.17, 15) is 0 Å². The highest BCUT2D eigenvalue weighted by atomic mass is 32.2. The van der Waals surface area contributed by atoms with Gasteiger partial charge in [0, 0.05) is 31.7 Å². The van der Waals surface area contributed by atoms with E-state index in [1.807, 2.05) is 11.8 Å². The minimum Gasteiger partial charge on any atom is -0.311 e. The summed E-state index contributed by atoms with van der Waals surface area (Å²) in [5.41, 5.74) is 0. The van der Waals surface area contributed by atoms with E-state index in [4.69, 9.17) is 0 Å². The molecule has 1 rings (SSSR count). The molecule has 1 N–H and O–H groups in total. The zero-order valence-corrected chi connectivity index (χ0v) is 12.3. The van der Waals surface area contributed by atoms with E-state index in [1.165, 1.54) is 18.8 Å². The Bertz CT molecular complexity index is 196. The van der Waals surface area contributed by atoms with Crippen LogP contribution in [0.25, 0.3) is 0 Å². The highest BCUT2D eigenvalue weighted by Gasteiger charge is 2.27. The first-order valence-corrected chi connectivity index (χ1v) is 7.90. The van der Waals surface area contributed by atoms with E-state index in [0.717, 1.165) is 18.4 Å². The van der Waals surface area contributed by atoms with Crippen LogP contribution in [0.5, 0.6) is 0 Å². The van der Waals surface area contributed by atoms with Gasteiger partial charge in [-0.05, 0) is 30.8 Å². The van der Waals surface area contributed by atoms with Crippen molar-refractivity contribution in [2.75, 3.05) is 31.6 Å². The molecule has 1 fully saturated rings. The molecule has 0 amide bonds. The van der Waals surface area contributed by atoms with Gasteiger partial charge >= 0.3 is 0 Å². The van der Waals surface area contributed by atoms with E-state index in [0.29, 0.717) is 12.1 Å². The van der Waals surface area contributed by atoms with Crippen LogP contribution in [0.15, 0.2) is 0 Å². The quantitative estimate of drug-likeness (QED) is 0.799. The smallest absolute Gasteiger partial charge is 0.0218 e. The monoisotopic (exact) mass is 244 g/mol. The van der Waals surface area contributed by atoms with E-state index >= 15 is 0 Å². The van der Waals surface area contributed by atoms with Crippen LogP contribution < -0.4 is 5.32 Å². The van der Waals surface area contributed by atoms with Crippen LogP contribution in [-0.2, 0) is 0 Å². The van der Waals surface area contributed by atoms with Gasteiger partial charge < -0.3 is 5.32 Å². The molecule has 1 aliphatic rings. The summed E-state index contributed by atoms with van der Waals surface area (Å²) in [6.07, 6.45) is 2.20. The molecule has 0 saturated carbocycles. The fourth-order valence-electron chi connectivity index (χ4n) is 2.39. The maximum atomic E-state index is 3.66. The molecule has 96 valence electrons. The molecule has 0 aromatic carbocycles. The van der Waals surface area contributed by atoms with Crippen molar-refractivity contribution in [3.05, 3.63) is 0 Å². The molecule has 0 radical (unpaired) electrons. The van der Waals surface area contributed by atoms with Gasteiger partial charge in [0.2, 0.25) is 0 Å². The second kappa shape index (κ2) is 6.87. The van der Waals surface area contributed by atoms with Crippen molar-refractivity contribution >= 4 is 11.8 Å². The highest BCUT2D eigenvalue weighted by molar-refractivity contribution is 7.98. The Morgan fingerprint density at radius 3 is 2.62 bits per heavy atom. The summed E-state index contributed by atoms with van der Waals surface area (Å²) < 4.78 is 0. The molecule has 0 spiro atoms. The second-order valence-corrected chi connectivity index (χ2v) is 6.53. The van der Waals surface area contributed by atoms with Crippen molar-refractivity contribution in [2.24, 2.45) is 11.8 Å². The second-order valence-electron chi connectivity index (χ2n) is 5.62. The number of nitrogens with zero attached hydrogens (tertiary/aromatic N) is 1. The standard InChI is InChI=1S/C13H28N2S/c1-10(2)13-8-15(12(4)6-14-13)7-11(3)9-16-5/h10-14H,6-9H2,1-5H3. The van der Waals surface area contributed by atoms with Crippen molar-refractivity contribution in [3.63, 3.8) is 0 Å². The minimum absolute atomic E-state index is 0.678. The molecule has 3 atom stereocenters. The summed E-state index contributed by atoms with van der Waals surface area (Å²) in [5, 5.41) is 3.66. The van der Waals surface area contributed by atoms with Gasteiger partial charge in [-0.2, -0.15) is 11.8 Å². The van der Waals surface area contributed by atoms with Crippen molar-refractivity contribution in [2.45, 2.75) is 39.8 Å². The van der Waals surface area contributed by atoms with Gasteiger partial charge in [-0.3, -0.25) is 4.90 Å². The Labute approximate surface area is 106 Å². The molecule has 1 saturated heterocycles. The molecule has 0 aliphatic carbocycles. The Morgan fingerprint density at radius 1 is 1.38 bits per heavy atom. The first-order valence-electron chi connectivity index (χ1n) is 6.51. The topological polar surface area (TPSA) is 15.3 Å². The lowest BCUT2D eigenvalue weighted by Gasteiger charge is -2.41. The first kappa shape index (κ1) is 14.3. The largest absolute Gasteiger partial charge is 0.311 e. The van der Waals surface area contributed by atoms with E-state index in [2.05, 4.69) is 44.2 Å². The number of piperazine rings is 1. The van der Waals surface area contributed by atoms with Crippen LogP contribution in [-0.4, -0.2) is 48.6 Å². The number of nitrogens with one attached hydrogen (secondary N) is 1. The third-order valence-corrected chi connectivity index (χ3v) is 4.43. The fraction of sp³-hybridized carbons (Fsp3) is 1.00. The van der Waals surface area contributed by atoms with Gasteiger partial charge in [0.15, 0.2) is 0 Å². The zero-order chi connectivity index (χ0) is 12.1. The Balaban J connectivity index is 2.43. The highest BCUT2D eigenvalue weighted by Crippen LogP contribution is 2.15. The number of hydrogen-bond acceptors (Lipinski definition) is 3. The van der Waals surface area contributed by atoms with Gasteiger partial charge in [0.25, 0.3) is 0 Å². The molecular formula is C13H28N2S. The van der Waals surface area contributed by atoms with Crippen molar-refractivity contribution < 1.29 is 0 Å². The minimum atomic E-state index is 0.678. The molecule has 0 bridgehead atoms. The molecular weight excluding hydrogens is 216 g/mol. The molecule has 3 heteroatoms. The lowest BCUT2D eigenvalue weighted by atomic mass is 9.99. The summed E-state index contributed by atoms with van der Waals surface area (Å²) >= 11 is 1.96. The Hall–Kier alpha value is 0.270. The van der Waals surface area contributed by atoms with Gasteiger partial charge in [0.1, 0.15) is 0 Å². The summed E-state index contributed by atoms with van der Waals surface area (Å²) in [7, 11) is 0. The van der Waals surface area contributed by atoms with Crippen LogP contribution >= 0.6 is 11.8 Å². The van der Waals surface area contributed by atoms with Gasteiger partial charge in [-0.1, -0.05) is 20.8 Å². The molecule has 0 aromatic rings. The number of hydrogen-bond donors (Lipinski definition) is 1. The predicted molar refractivity (Wildman–Crippen MR) is 75.2 cm³/mol. The fourth-order valence-corrected chi connectivity index (χ4v) is 3.06. The van der Waals surface area contributed by atoms with E-state index in [-0.39, 0.29) is 0 Å².